The number of hydrogen-bond acceptors (Lipinski definition) is 4. The maximum Gasteiger partial charge on any atom is 0.132 e. The molecule has 1 aromatic carbocycles. The molecule has 5 heteroatoms. The third-order valence-electron chi connectivity index (χ3n) is 5.70. The quantitative estimate of drug-likeness (QED) is 0.583. The molecule has 1 saturated carbocycles. The van der Waals surface area contributed by atoms with Gasteiger partial charge in [-0.1, -0.05) is 25.3 Å². The van der Waals surface area contributed by atoms with Crippen molar-refractivity contribution in [3.63, 3.8) is 0 Å². The minimum Gasteiger partial charge on any atom is -0.496 e. The molecule has 0 bridgehead atoms. The van der Waals surface area contributed by atoms with Crippen LogP contribution >= 0.6 is 0 Å². The van der Waals surface area contributed by atoms with Crippen LogP contribution in [0.2, 0.25) is 0 Å². The predicted molar refractivity (Wildman–Crippen MR) is 114 cm³/mol. The van der Waals surface area contributed by atoms with Crippen molar-refractivity contribution in [2.24, 2.45) is 0 Å². The van der Waals surface area contributed by atoms with Crippen LogP contribution in [0.5, 0.6) is 11.5 Å². The third-order valence-corrected chi connectivity index (χ3v) is 5.70. The van der Waals surface area contributed by atoms with Crippen molar-refractivity contribution in [2.45, 2.75) is 58.5 Å². The normalized spacial score (nSPS) is 14.7. The van der Waals surface area contributed by atoms with E-state index in [1.54, 1.807) is 7.11 Å². The maximum absolute atomic E-state index is 5.95. The molecule has 0 atom stereocenters. The van der Waals surface area contributed by atoms with Crippen LogP contribution < -0.4 is 9.47 Å². The maximum atomic E-state index is 5.95. The van der Waals surface area contributed by atoms with E-state index in [9.17, 15) is 0 Å². The van der Waals surface area contributed by atoms with Crippen LogP contribution in [0.15, 0.2) is 36.5 Å². The van der Waals surface area contributed by atoms with Crippen molar-refractivity contribution in [3.05, 3.63) is 59.3 Å². The van der Waals surface area contributed by atoms with E-state index in [4.69, 9.17) is 14.5 Å². The molecule has 1 N–H and O–H groups in total. The lowest BCUT2D eigenvalue weighted by molar-refractivity contribution is 0.303. The van der Waals surface area contributed by atoms with Gasteiger partial charge in [-0.2, -0.15) is 0 Å². The lowest BCUT2D eigenvalue weighted by atomic mass is 9.89. The molecule has 3 aromatic rings. The number of rotatable bonds is 6. The van der Waals surface area contributed by atoms with Gasteiger partial charge in [0.2, 0.25) is 0 Å². The van der Waals surface area contributed by atoms with Crippen molar-refractivity contribution in [2.75, 3.05) is 7.11 Å². The van der Waals surface area contributed by atoms with Gasteiger partial charge >= 0.3 is 0 Å². The first-order valence-corrected chi connectivity index (χ1v) is 10.4. The fraction of sp³-hybridized carbons (Fsp3) is 0.417. The number of aryl methyl sites for hydroxylation is 2. The summed E-state index contributed by atoms with van der Waals surface area (Å²) < 4.78 is 11.6. The van der Waals surface area contributed by atoms with Crippen molar-refractivity contribution in [1.29, 1.82) is 0 Å². The topological polar surface area (TPSA) is 60.0 Å². The number of methoxy groups -OCH3 is 1. The van der Waals surface area contributed by atoms with Gasteiger partial charge in [-0.25, -0.2) is 4.98 Å². The summed E-state index contributed by atoms with van der Waals surface area (Å²) in [5, 5.41) is 0. The lowest BCUT2D eigenvalue weighted by Gasteiger charge is -2.19. The zero-order valence-electron chi connectivity index (χ0n) is 17.5. The minimum atomic E-state index is 0.475. The summed E-state index contributed by atoms with van der Waals surface area (Å²) >= 11 is 0. The highest BCUT2D eigenvalue weighted by Gasteiger charge is 2.21. The Bertz CT molecular complexity index is 957. The van der Waals surface area contributed by atoms with Gasteiger partial charge in [0, 0.05) is 40.7 Å². The molecule has 0 aliphatic heterocycles. The van der Waals surface area contributed by atoms with Crippen molar-refractivity contribution >= 4 is 0 Å². The molecule has 2 aromatic heterocycles. The zero-order chi connectivity index (χ0) is 20.2. The highest BCUT2D eigenvalue weighted by molar-refractivity contribution is 5.70. The van der Waals surface area contributed by atoms with Gasteiger partial charge in [-0.3, -0.25) is 4.98 Å². The van der Waals surface area contributed by atoms with E-state index in [-0.39, 0.29) is 0 Å². The number of nitrogens with one attached hydrogen (secondary N) is 1. The van der Waals surface area contributed by atoms with E-state index < -0.39 is 0 Å². The van der Waals surface area contributed by atoms with Gasteiger partial charge in [0.05, 0.1) is 12.8 Å². The van der Waals surface area contributed by atoms with Crippen LogP contribution in [0.1, 0.15) is 60.8 Å². The molecule has 5 nitrogen and oxygen atoms in total. The Balaban J connectivity index is 1.53. The van der Waals surface area contributed by atoms with E-state index in [1.807, 2.05) is 43.5 Å². The van der Waals surface area contributed by atoms with Crippen LogP contribution in [0.3, 0.4) is 0 Å². The summed E-state index contributed by atoms with van der Waals surface area (Å²) in [5.74, 6) is 3.21. The first kappa shape index (κ1) is 19.5. The van der Waals surface area contributed by atoms with Crippen LogP contribution in [-0.4, -0.2) is 22.1 Å². The van der Waals surface area contributed by atoms with Crippen molar-refractivity contribution < 1.29 is 9.47 Å². The summed E-state index contributed by atoms with van der Waals surface area (Å²) in [6, 6.07) is 9.98. The molecule has 0 radical (unpaired) electrons. The fourth-order valence-electron chi connectivity index (χ4n) is 4.02. The Hall–Kier alpha value is -2.82. The second-order valence-electron chi connectivity index (χ2n) is 7.89. The first-order chi connectivity index (χ1) is 14.1. The van der Waals surface area contributed by atoms with E-state index in [0.29, 0.717) is 12.5 Å². The standard InChI is InChI=1S/C24H29N3O2/c1-16-9-10-18(14-25-16)15-29-20-11-12-21(22(13-20)28-3)23-17(2)26-24(27-23)19-7-5-4-6-8-19/h9-14,19H,4-8,15H2,1-3H3,(H,26,27). The average molecular weight is 392 g/mol. The number of aromatic amines is 1. The molecular weight excluding hydrogens is 362 g/mol. The largest absolute Gasteiger partial charge is 0.496 e. The molecule has 0 amide bonds. The van der Waals surface area contributed by atoms with Crippen LogP contribution in [0, 0.1) is 13.8 Å². The van der Waals surface area contributed by atoms with E-state index in [2.05, 4.69) is 16.9 Å². The van der Waals surface area contributed by atoms with Crippen LogP contribution in [0.25, 0.3) is 11.3 Å². The molecule has 0 unspecified atom stereocenters. The second kappa shape index (κ2) is 8.68. The summed E-state index contributed by atoms with van der Waals surface area (Å²) in [7, 11) is 1.69. The average Bonchev–Trinajstić information content (AvgIpc) is 3.15. The SMILES string of the molecule is COc1cc(OCc2ccc(C)nc2)ccc1-c1nc(C2CCCCC2)[nH]c1C. The van der Waals surface area contributed by atoms with E-state index in [1.165, 1.54) is 32.1 Å². The van der Waals surface area contributed by atoms with Crippen LogP contribution in [0.4, 0.5) is 0 Å². The summed E-state index contributed by atoms with van der Waals surface area (Å²) in [5.41, 5.74) is 5.09. The van der Waals surface area contributed by atoms with E-state index in [0.717, 1.165) is 45.5 Å². The number of pyridine rings is 1. The smallest absolute Gasteiger partial charge is 0.132 e. The Morgan fingerprint density at radius 3 is 2.62 bits per heavy atom. The molecule has 0 saturated heterocycles. The molecular formula is C24H29N3O2. The van der Waals surface area contributed by atoms with Crippen molar-refractivity contribution in [3.8, 4) is 22.8 Å². The highest BCUT2D eigenvalue weighted by atomic mass is 16.5. The summed E-state index contributed by atoms with van der Waals surface area (Å²) in [6.07, 6.45) is 8.24. The first-order valence-electron chi connectivity index (χ1n) is 10.4. The molecule has 29 heavy (non-hydrogen) atoms. The number of H-pyrrole nitrogens is 1. The second-order valence-corrected chi connectivity index (χ2v) is 7.89. The Morgan fingerprint density at radius 2 is 1.90 bits per heavy atom. The molecule has 4 rings (SSSR count). The monoisotopic (exact) mass is 391 g/mol. The minimum absolute atomic E-state index is 0.475. The van der Waals surface area contributed by atoms with Gasteiger partial charge in [0.1, 0.15) is 23.9 Å². The van der Waals surface area contributed by atoms with Crippen molar-refractivity contribution in [1.82, 2.24) is 15.0 Å². The Kier molecular flexibility index (Phi) is 5.84. The Labute approximate surface area is 172 Å². The molecule has 2 heterocycles. The van der Waals surface area contributed by atoms with E-state index >= 15 is 0 Å². The lowest BCUT2D eigenvalue weighted by Crippen LogP contribution is -2.06. The van der Waals surface area contributed by atoms with Gasteiger partial charge in [0.25, 0.3) is 0 Å². The number of ether oxygens (including phenoxy) is 2. The van der Waals surface area contributed by atoms with Gasteiger partial charge in [0.15, 0.2) is 0 Å². The van der Waals surface area contributed by atoms with Gasteiger partial charge in [-0.15, -0.1) is 0 Å². The zero-order valence-corrected chi connectivity index (χ0v) is 17.5. The molecule has 152 valence electrons. The molecule has 1 fully saturated rings. The molecule has 0 spiro atoms. The number of imidazole rings is 1. The Morgan fingerprint density at radius 1 is 1.07 bits per heavy atom. The molecule has 1 aliphatic rings. The predicted octanol–water partition coefficient (Wildman–Crippen LogP) is 5.72. The fourth-order valence-corrected chi connectivity index (χ4v) is 4.02. The number of nitrogens with zero attached hydrogens (tertiary/aromatic N) is 2. The van der Waals surface area contributed by atoms with Gasteiger partial charge < -0.3 is 14.5 Å². The number of benzene rings is 1. The summed E-state index contributed by atoms with van der Waals surface area (Å²) in [6.45, 7) is 4.54. The number of hydrogen-bond donors (Lipinski definition) is 1. The van der Waals surface area contributed by atoms with Crippen LogP contribution in [-0.2, 0) is 6.61 Å². The summed E-state index contributed by atoms with van der Waals surface area (Å²) in [4.78, 5) is 12.8. The highest BCUT2D eigenvalue weighted by Crippen LogP contribution is 2.37. The molecule has 1 aliphatic carbocycles. The number of aromatic nitrogens is 3. The van der Waals surface area contributed by atoms with Gasteiger partial charge in [-0.05, 0) is 44.9 Å². The third kappa shape index (κ3) is 4.44.